The Hall–Kier alpha value is -3.46. The van der Waals surface area contributed by atoms with Crippen molar-refractivity contribution in [3.63, 3.8) is 0 Å². The maximum absolute atomic E-state index is 13.7. The van der Waals surface area contributed by atoms with Gasteiger partial charge in [0.25, 0.3) is 5.69 Å². The molecule has 142 valence electrons. The van der Waals surface area contributed by atoms with Gasteiger partial charge in [0, 0.05) is 28.0 Å². The van der Waals surface area contributed by atoms with Crippen molar-refractivity contribution in [1.29, 1.82) is 0 Å². The van der Waals surface area contributed by atoms with E-state index in [1.165, 1.54) is 23.9 Å². The average molecular weight is 401 g/mol. The number of halogens is 2. The first-order valence-corrected chi connectivity index (χ1v) is 8.78. The quantitative estimate of drug-likeness (QED) is 0.426. The van der Waals surface area contributed by atoms with Crippen molar-refractivity contribution in [3.05, 3.63) is 88.5 Å². The molecule has 0 aliphatic heterocycles. The van der Waals surface area contributed by atoms with Gasteiger partial charge in [-0.15, -0.1) is 0 Å². The predicted molar refractivity (Wildman–Crippen MR) is 103 cm³/mol. The minimum atomic E-state index is -0.759. The van der Waals surface area contributed by atoms with Crippen LogP contribution < -0.4 is 10.6 Å². The van der Waals surface area contributed by atoms with E-state index in [0.717, 1.165) is 23.1 Å². The van der Waals surface area contributed by atoms with Gasteiger partial charge >= 0.3 is 6.03 Å². The molecule has 0 fully saturated rings. The van der Waals surface area contributed by atoms with E-state index >= 15 is 0 Å². The van der Waals surface area contributed by atoms with E-state index in [4.69, 9.17) is 0 Å². The van der Waals surface area contributed by atoms with Gasteiger partial charge < -0.3 is 10.6 Å². The summed E-state index contributed by atoms with van der Waals surface area (Å²) >= 11 is 1.29. The Morgan fingerprint density at radius 2 is 1.61 bits per heavy atom. The lowest BCUT2D eigenvalue weighted by Gasteiger charge is -2.12. The zero-order valence-electron chi connectivity index (χ0n) is 14.2. The molecule has 0 aliphatic carbocycles. The van der Waals surface area contributed by atoms with Crippen molar-refractivity contribution in [2.45, 2.75) is 9.79 Å². The second kappa shape index (κ2) is 8.49. The third-order valence-corrected chi connectivity index (χ3v) is 4.67. The summed E-state index contributed by atoms with van der Waals surface area (Å²) < 4.78 is 26.9. The van der Waals surface area contributed by atoms with Gasteiger partial charge in [0.2, 0.25) is 0 Å². The molecule has 0 bridgehead atoms. The number of benzene rings is 3. The number of hydrogen-bond donors (Lipinski definition) is 2. The Morgan fingerprint density at radius 1 is 0.929 bits per heavy atom. The Labute approximate surface area is 162 Å². The first kappa shape index (κ1) is 19.3. The fourth-order valence-corrected chi connectivity index (χ4v) is 3.19. The number of nitro benzene ring substituents is 1. The van der Waals surface area contributed by atoms with Crippen LogP contribution >= 0.6 is 11.8 Å². The van der Waals surface area contributed by atoms with Crippen LogP contribution in [0.2, 0.25) is 0 Å². The lowest BCUT2D eigenvalue weighted by molar-refractivity contribution is -0.384. The van der Waals surface area contributed by atoms with Crippen LogP contribution in [-0.2, 0) is 0 Å². The van der Waals surface area contributed by atoms with E-state index in [2.05, 4.69) is 10.6 Å². The molecule has 0 radical (unpaired) electrons. The number of nitrogens with zero attached hydrogens (tertiary/aromatic N) is 1. The van der Waals surface area contributed by atoms with Crippen LogP contribution in [-0.4, -0.2) is 11.0 Å². The lowest BCUT2D eigenvalue weighted by Crippen LogP contribution is -2.20. The Kier molecular flexibility index (Phi) is 5.85. The highest BCUT2D eigenvalue weighted by Crippen LogP contribution is 2.34. The molecule has 0 spiro atoms. The number of nitrogens with one attached hydrogen (secondary N) is 2. The number of anilines is 2. The molecule has 0 unspecified atom stereocenters. The minimum Gasteiger partial charge on any atom is -0.307 e. The third-order valence-electron chi connectivity index (χ3n) is 3.59. The number of hydrogen-bond acceptors (Lipinski definition) is 4. The van der Waals surface area contributed by atoms with Crippen LogP contribution in [0, 0.1) is 21.7 Å². The molecular weight excluding hydrogens is 388 g/mol. The second-order valence-corrected chi connectivity index (χ2v) is 6.67. The van der Waals surface area contributed by atoms with Crippen molar-refractivity contribution in [2.24, 2.45) is 0 Å². The smallest absolute Gasteiger partial charge is 0.307 e. The number of amides is 2. The molecule has 3 aromatic carbocycles. The predicted octanol–water partition coefficient (Wildman–Crippen LogP) is 5.67. The second-order valence-electron chi connectivity index (χ2n) is 5.55. The first-order chi connectivity index (χ1) is 13.4. The summed E-state index contributed by atoms with van der Waals surface area (Å²) in [6.07, 6.45) is 0. The van der Waals surface area contributed by atoms with Gasteiger partial charge in [-0.1, -0.05) is 23.9 Å². The van der Waals surface area contributed by atoms with Crippen molar-refractivity contribution in [1.82, 2.24) is 0 Å². The molecule has 3 aromatic rings. The van der Waals surface area contributed by atoms with E-state index in [0.29, 0.717) is 10.6 Å². The molecule has 6 nitrogen and oxygen atoms in total. The van der Waals surface area contributed by atoms with Gasteiger partial charge in [-0.2, -0.15) is 0 Å². The number of urea groups is 1. The van der Waals surface area contributed by atoms with Gasteiger partial charge in [-0.25, -0.2) is 13.6 Å². The zero-order chi connectivity index (χ0) is 20.1. The van der Waals surface area contributed by atoms with Crippen LogP contribution in [0.4, 0.5) is 30.6 Å². The first-order valence-electron chi connectivity index (χ1n) is 7.97. The minimum absolute atomic E-state index is 0.0211. The van der Waals surface area contributed by atoms with Crippen molar-refractivity contribution in [2.75, 3.05) is 10.6 Å². The monoisotopic (exact) mass is 401 g/mol. The summed E-state index contributed by atoms with van der Waals surface area (Å²) in [5.41, 5.74) is 0.144. The van der Waals surface area contributed by atoms with E-state index in [1.54, 1.807) is 36.4 Å². The molecule has 28 heavy (non-hydrogen) atoms. The van der Waals surface area contributed by atoms with Crippen LogP contribution in [0.15, 0.2) is 76.5 Å². The summed E-state index contributed by atoms with van der Waals surface area (Å²) in [7, 11) is 0. The summed E-state index contributed by atoms with van der Waals surface area (Å²) in [5.74, 6) is -1.43. The van der Waals surface area contributed by atoms with Crippen molar-refractivity contribution < 1.29 is 18.5 Å². The highest BCUT2D eigenvalue weighted by Gasteiger charge is 2.12. The molecule has 2 amide bonds. The molecule has 0 saturated carbocycles. The normalized spacial score (nSPS) is 10.4. The molecule has 0 aromatic heterocycles. The van der Waals surface area contributed by atoms with E-state index in [-0.39, 0.29) is 11.4 Å². The number of para-hydroxylation sites is 1. The van der Waals surface area contributed by atoms with Crippen LogP contribution in [0.3, 0.4) is 0 Å². The van der Waals surface area contributed by atoms with E-state index in [9.17, 15) is 23.7 Å². The third kappa shape index (κ3) is 4.83. The van der Waals surface area contributed by atoms with Gasteiger partial charge in [-0.05, 0) is 36.4 Å². The number of carbonyl (C=O) groups is 1. The van der Waals surface area contributed by atoms with Crippen molar-refractivity contribution in [3.8, 4) is 0 Å². The Balaban J connectivity index is 1.73. The zero-order valence-corrected chi connectivity index (χ0v) is 15.0. The molecule has 0 heterocycles. The van der Waals surface area contributed by atoms with Crippen LogP contribution in [0.1, 0.15) is 0 Å². The highest BCUT2D eigenvalue weighted by molar-refractivity contribution is 7.99. The van der Waals surface area contributed by atoms with Gasteiger partial charge in [0.05, 0.1) is 16.3 Å². The summed E-state index contributed by atoms with van der Waals surface area (Å²) in [4.78, 5) is 23.8. The maximum atomic E-state index is 13.7. The fraction of sp³-hybridized carbons (Fsp3) is 0. The number of nitro groups is 1. The number of rotatable bonds is 5. The average Bonchev–Trinajstić information content (AvgIpc) is 2.67. The summed E-state index contributed by atoms with van der Waals surface area (Å²) in [5, 5.41) is 15.6. The molecule has 0 saturated heterocycles. The molecule has 9 heteroatoms. The molecule has 0 atom stereocenters. The van der Waals surface area contributed by atoms with Crippen LogP contribution in [0.25, 0.3) is 0 Å². The van der Waals surface area contributed by atoms with Gasteiger partial charge in [0.1, 0.15) is 11.6 Å². The lowest BCUT2D eigenvalue weighted by atomic mass is 10.3. The Bertz CT molecular complexity index is 1030. The number of non-ortho nitro benzene ring substituents is 1. The van der Waals surface area contributed by atoms with E-state index < -0.39 is 22.6 Å². The number of carbonyl (C=O) groups excluding carboxylic acids is 1. The van der Waals surface area contributed by atoms with E-state index in [1.807, 2.05) is 0 Å². The molecular formula is C19H13F2N3O3S. The van der Waals surface area contributed by atoms with Gasteiger partial charge in [0.15, 0.2) is 0 Å². The molecule has 0 aliphatic rings. The van der Waals surface area contributed by atoms with Crippen molar-refractivity contribution >= 4 is 34.9 Å². The fourth-order valence-electron chi connectivity index (χ4n) is 2.29. The van der Waals surface area contributed by atoms with Gasteiger partial charge in [-0.3, -0.25) is 10.1 Å². The summed E-state index contributed by atoms with van der Waals surface area (Å²) in [6, 6.07) is 14.9. The summed E-state index contributed by atoms with van der Waals surface area (Å²) in [6.45, 7) is 0. The molecule has 3 rings (SSSR count). The molecule has 2 N–H and O–H groups in total. The van der Waals surface area contributed by atoms with Crippen LogP contribution in [0.5, 0.6) is 0 Å². The highest BCUT2D eigenvalue weighted by atomic mass is 32.2. The standard InChI is InChI=1S/C19H13F2N3O3S/c20-12-5-10-15(21)17(11-12)23-19(25)22-16-3-1-2-4-18(16)28-14-8-6-13(7-9-14)24(26)27/h1-11H,(H2,22,23,25). The topological polar surface area (TPSA) is 84.3 Å². The maximum Gasteiger partial charge on any atom is 0.323 e. The SMILES string of the molecule is O=C(Nc1cc(F)ccc1F)Nc1ccccc1Sc1ccc([N+](=O)[O-])cc1. The largest absolute Gasteiger partial charge is 0.323 e. The Morgan fingerprint density at radius 3 is 2.32 bits per heavy atom.